The number of hydrogen-bond acceptors (Lipinski definition) is 7. The fraction of sp³-hybridized carbons (Fsp3) is 0.405. The Hall–Kier alpha value is -4.82. The number of hydrogen-bond donors (Lipinski definition) is 1. The molecule has 0 saturated heterocycles. The molecule has 0 aliphatic rings. The molecule has 1 unspecified atom stereocenters. The molecule has 0 aliphatic heterocycles. The van der Waals surface area contributed by atoms with Gasteiger partial charge in [-0.3, -0.25) is 19.0 Å². The molecule has 274 valence electrons. The van der Waals surface area contributed by atoms with Gasteiger partial charge in [-0.25, -0.2) is 9.37 Å². The number of benzene rings is 3. The highest BCUT2D eigenvalue weighted by atomic mass is 19.4. The van der Waals surface area contributed by atoms with Gasteiger partial charge in [-0.2, -0.15) is 13.2 Å². The van der Waals surface area contributed by atoms with E-state index >= 15 is 0 Å². The van der Waals surface area contributed by atoms with Crippen molar-refractivity contribution >= 4 is 22.7 Å². The van der Waals surface area contributed by atoms with E-state index in [4.69, 9.17) is 9.72 Å². The Morgan fingerprint density at radius 1 is 0.961 bits per heavy atom. The summed E-state index contributed by atoms with van der Waals surface area (Å²) in [5.41, 5.74) is -0.897. The van der Waals surface area contributed by atoms with E-state index in [2.05, 4.69) is 5.32 Å². The molecule has 0 radical (unpaired) electrons. The van der Waals surface area contributed by atoms with Gasteiger partial charge in [0.25, 0.3) is 5.56 Å². The van der Waals surface area contributed by atoms with E-state index in [-0.39, 0.29) is 48.9 Å². The predicted molar refractivity (Wildman–Crippen MR) is 187 cm³/mol. The number of alkyl halides is 3. The number of aromatic nitrogens is 2. The van der Waals surface area contributed by atoms with E-state index in [1.165, 1.54) is 9.47 Å². The first-order valence-electron chi connectivity index (χ1n) is 16.7. The number of ether oxygens (including phenoxy) is 1. The quantitative estimate of drug-likeness (QED) is 0.162. The van der Waals surface area contributed by atoms with Gasteiger partial charge in [0.2, 0.25) is 11.8 Å². The van der Waals surface area contributed by atoms with Crippen LogP contribution in [0.25, 0.3) is 16.6 Å². The first-order valence-corrected chi connectivity index (χ1v) is 16.7. The van der Waals surface area contributed by atoms with Gasteiger partial charge in [0.1, 0.15) is 17.4 Å². The maximum atomic E-state index is 14.6. The molecule has 0 fully saturated rings. The van der Waals surface area contributed by atoms with E-state index in [1.54, 1.807) is 67.5 Å². The molecule has 1 N–H and O–H groups in total. The minimum atomic E-state index is -4.89. The third-order valence-electron chi connectivity index (χ3n) is 8.10. The van der Waals surface area contributed by atoms with Crippen LogP contribution in [0.3, 0.4) is 0 Å². The number of rotatable bonds is 16. The van der Waals surface area contributed by atoms with Crippen LogP contribution in [0.15, 0.2) is 71.5 Å². The van der Waals surface area contributed by atoms with Gasteiger partial charge >= 0.3 is 6.18 Å². The zero-order chi connectivity index (χ0) is 37.3. The predicted octanol–water partition coefficient (Wildman–Crippen LogP) is 5.07. The van der Waals surface area contributed by atoms with Crippen LogP contribution in [0, 0.1) is 5.82 Å². The molecule has 0 saturated carbocycles. The first-order chi connectivity index (χ1) is 24.2. The van der Waals surface area contributed by atoms with Crippen LogP contribution >= 0.6 is 0 Å². The van der Waals surface area contributed by atoms with Gasteiger partial charge in [0.05, 0.1) is 47.8 Å². The average Bonchev–Trinajstić information content (AvgIpc) is 3.05. The van der Waals surface area contributed by atoms with Crippen molar-refractivity contribution in [3.05, 3.63) is 99.9 Å². The fourth-order valence-electron chi connectivity index (χ4n) is 5.78. The Balaban J connectivity index is 1.87. The third kappa shape index (κ3) is 10.4. The van der Waals surface area contributed by atoms with Crippen molar-refractivity contribution in [2.24, 2.45) is 0 Å². The number of carbonyl (C=O) groups is 2. The number of carbonyl (C=O) groups excluding carboxylic acids is 2. The second-order valence-electron chi connectivity index (χ2n) is 12.7. The van der Waals surface area contributed by atoms with Crippen molar-refractivity contribution < 1.29 is 31.9 Å². The number of nitrogens with zero attached hydrogens (tertiary/aromatic N) is 5. The summed E-state index contributed by atoms with van der Waals surface area (Å²) < 4.78 is 61.6. The molecular formula is C37H44F4N6O4. The van der Waals surface area contributed by atoms with Crippen molar-refractivity contribution in [3.8, 4) is 11.4 Å². The van der Waals surface area contributed by atoms with Crippen molar-refractivity contribution in [1.29, 1.82) is 0 Å². The zero-order valence-electron chi connectivity index (χ0n) is 29.5. The zero-order valence-corrected chi connectivity index (χ0v) is 29.5. The largest absolute Gasteiger partial charge is 0.494 e. The molecule has 4 aromatic rings. The van der Waals surface area contributed by atoms with Crippen molar-refractivity contribution in [2.45, 2.75) is 38.4 Å². The maximum absolute atomic E-state index is 14.6. The Labute approximate surface area is 294 Å². The van der Waals surface area contributed by atoms with Crippen LogP contribution < -0.4 is 15.6 Å². The minimum absolute atomic E-state index is 0.0523. The highest BCUT2D eigenvalue weighted by Gasteiger charge is 2.35. The lowest BCUT2D eigenvalue weighted by atomic mass is 10.0. The van der Waals surface area contributed by atoms with E-state index in [0.717, 1.165) is 12.1 Å². The van der Waals surface area contributed by atoms with Crippen LogP contribution in [0.4, 0.5) is 17.6 Å². The Bertz CT molecular complexity index is 1860. The summed E-state index contributed by atoms with van der Waals surface area (Å²) in [6, 6.07) is 15.2. The summed E-state index contributed by atoms with van der Waals surface area (Å²) in [4.78, 5) is 51.4. The summed E-state index contributed by atoms with van der Waals surface area (Å²) in [6.45, 7) is 3.28. The van der Waals surface area contributed by atoms with Gasteiger partial charge in [-0.15, -0.1) is 0 Å². The minimum Gasteiger partial charge on any atom is -0.494 e. The number of para-hydroxylation sites is 1. The molecule has 1 heterocycles. The standard InChI is InChI=1S/C37H44F4N6O4/c1-6-51-27-15-13-26(14-16-27)47-35(43-31-11-8-7-10-28(31)36(47)50)32(18-19-42-33(48)24-45(4)5)46(21-9-20-44(2)3)34(49)23-25-12-17-29(30(38)22-25)37(39,40)41/h7-8,10-17,22,32H,6,9,18-21,23-24H2,1-5H3,(H,42,48). The lowest BCUT2D eigenvalue weighted by Gasteiger charge is -2.34. The molecule has 10 nitrogen and oxygen atoms in total. The fourth-order valence-corrected chi connectivity index (χ4v) is 5.78. The summed E-state index contributed by atoms with van der Waals surface area (Å²) in [5.74, 6) is -1.43. The summed E-state index contributed by atoms with van der Waals surface area (Å²) >= 11 is 0. The molecule has 14 heteroatoms. The van der Waals surface area contributed by atoms with Gasteiger partial charge in [-0.1, -0.05) is 18.2 Å². The normalized spacial score (nSPS) is 12.4. The summed E-state index contributed by atoms with van der Waals surface area (Å²) in [6.07, 6.45) is -4.68. The van der Waals surface area contributed by atoms with Gasteiger partial charge in [0.15, 0.2) is 0 Å². The highest BCUT2D eigenvalue weighted by Crippen LogP contribution is 2.32. The number of nitrogens with one attached hydrogen (secondary N) is 1. The van der Waals surface area contributed by atoms with Crippen LogP contribution in [0.2, 0.25) is 0 Å². The highest BCUT2D eigenvalue weighted by molar-refractivity contribution is 5.80. The SMILES string of the molecule is CCOc1ccc(-n2c(C(CCNC(=O)CN(C)C)N(CCCN(C)C)C(=O)Cc3ccc(C(F)(F)F)c(F)c3)nc3ccccc3c2=O)cc1. The lowest BCUT2D eigenvalue weighted by molar-refractivity contribution is -0.140. The second kappa shape index (κ2) is 17.4. The third-order valence-corrected chi connectivity index (χ3v) is 8.10. The van der Waals surface area contributed by atoms with Crippen LogP contribution in [-0.4, -0.2) is 97.0 Å². The van der Waals surface area contributed by atoms with Crippen LogP contribution in [0.5, 0.6) is 5.75 Å². The molecule has 0 aliphatic carbocycles. The van der Waals surface area contributed by atoms with Crippen LogP contribution in [-0.2, 0) is 22.2 Å². The van der Waals surface area contributed by atoms with E-state index < -0.39 is 35.9 Å². The summed E-state index contributed by atoms with van der Waals surface area (Å²) in [5, 5.41) is 3.22. The first kappa shape index (κ1) is 39.0. The molecular weight excluding hydrogens is 668 g/mol. The lowest BCUT2D eigenvalue weighted by Crippen LogP contribution is -2.42. The molecule has 2 amide bonds. The number of likely N-dealkylation sites (N-methyl/N-ethyl adjacent to an activating group) is 1. The molecule has 3 aromatic carbocycles. The average molecular weight is 713 g/mol. The molecule has 1 aromatic heterocycles. The molecule has 4 rings (SSSR count). The molecule has 1 atom stereocenters. The van der Waals surface area contributed by atoms with Crippen molar-refractivity contribution in [1.82, 2.24) is 29.6 Å². The van der Waals surface area contributed by atoms with E-state index in [9.17, 15) is 31.9 Å². The maximum Gasteiger partial charge on any atom is 0.419 e. The van der Waals surface area contributed by atoms with Gasteiger partial charge in [-0.05, 0) is 109 Å². The number of fused-ring (bicyclic) bond motifs is 1. The van der Waals surface area contributed by atoms with E-state index in [0.29, 0.717) is 48.0 Å². The van der Waals surface area contributed by atoms with Crippen molar-refractivity contribution in [3.63, 3.8) is 0 Å². The van der Waals surface area contributed by atoms with Gasteiger partial charge in [0, 0.05) is 13.1 Å². The topological polar surface area (TPSA) is 100 Å². The second-order valence-corrected chi connectivity index (χ2v) is 12.7. The molecule has 0 spiro atoms. The smallest absolute Gasteiger partial charge is 0.419 e. The molecule has 0 bridgehead atoms. The Morgan fingerprint density at radius 3 is 2.29 bits per heavy atom. The van der Waals surface area contributed by atoms with Gasteiger partial charge < -0.3 is 24.8 Å². The Morgan fingerprint density at radius 2 is 1.67 bits per heavy atom. The van der Waals surface area contributed by atoms with Crippen LogP contribution in [0.1, 0.15) is 42.8 Å². The van der Waals surface area contributed by atoms with Crippen molar-refractivity contribution in [2.75, 3.05) is 61.0 Å². The number of halogens is 4. The van der Waals surface area contributed by atoms with E-state index in [1.807, 2.05) is 25.9 Å². The monoisotopic (exact) mass is 712 g/mol. The molecule has 51 heavy (non-hydrogen) atoms. The Kier molecular flexibility index (Phi) is 13.3. The number of amides is 2. The summed E-state index contributed by atoms with van der Waals surface area (Å²) in [7, 11) is 7.27.